The second kappa shape index (κ2) is 10.7. The van der Waals surface area contributed by atoms with Gasteiger partial charge in [0, 0.05) is 11.3 Å². The third-order valence-corrected chi connectivity index (χ3v) is 5.24. The SMILES string of the molecule is Cc1nc(C(F)(F)F)ccc1C(=O)Nc1ccc(Cl)c(-c2ccc(OCC(C)C(=O)NO)cn2)c1. The van der Waals surface area contributed by atoms with Gasteiger partial charge in [0.1, 0.15) is 11.4 Å². The molecule has 0 saturated carbocycles. The maximum absolute atomic E-state index is 12.8. The summed E-state index contributed by atoms with van der Waals surface area (Å²) in [5.41, 5.74) is 1.71. The summed E-state index contributed by atoms with van der Waals surface area (Å²) in [6, 6.07) is 9.73. The predicted molar refractivity (Wildman–Crippen MR) is 121 cm³/mol. The Balaban J connectivity index is 1.74. The third-order valence-electron chi connectivity index (χ3n) is 4.92. The van der Waals surface area contributed by atoms with Gasteiger partial charge >= 0.3 is 6.18 Å². The van der Waals surface area contributed by atoms with Crippen LogP contribution >= 0.6 is 11.6 Å². The number of pyridine rings is 2. The minimum atomic E-state index is -4.61. The lowest BCUT2D eigenvalue weighted by atomic mass is 10.1. The second-order valence-electron chi connectivity index (χ2n) is 7.54. The van der Waals surface area contributed by atoms with Gasteiger partial charge in [-0.25, -0.2) is 10.5 Å². The molecule has 0 aliphatic heterocycles. The maximum Gasteiger partial charge on any atom is 0.433 e. The Labute approximate surface area is 203 Å². The Morgan fingerprint density at radius 1 is 1.17 bits per heavy atom. The van der Waals surface area contributed by atoms with Crippen molar-refractivity contribution in [1.29, 1.82) is 0 Å². The first-order valence-corrected chi connectivity index (χ1v) is 10.6. The van der Waals surface area contributed by atoms with Crippen LogP contribution in [0.15, 0.2) is 48.7 Å². The predicted octanol–water partition coefficient (Wildman–Crippen LogP) is 4.90. The zero-order chi connectivity index (χ0) is 25.8. The molecule has 1 unspecified atom stereocenters. The van der Waals surface area contributed by atoms with E-state index in [1.165, 1.54) is 13.1 Å². The van der Waals surface area contributed by atoms with Crippen molar-refractivity contribution in [1.82, 2.24) is 15.4 Å². The summed E-state index contributed by atoms with van der Waals surface area (Å²) in [7, 11) is 0. The molecular weight excluding hydrogens is 489 g/mol. The summed E-state index contributed by atoms with van der Waals surface area (Å²) in [6.45, 7) is 2.92. The van der Waals surface area contributed by atoms with Gasteiger partial charge in [0.05, 0.1) is 40.7 Å². The number of alkyl halides is 3. The molecular formula is C23H20ClF3N4O4. The van der Waals surface area contributed by atoms with Crippen LogP contribution in [-0.4, -0.2) is 33.6 Å². The lowest BCUT2D eigenvalue weighted by Gasteiger charge is -2.13. The van der Waals surface area contributed by atoms with Crippen molar-refractivity contribution >= 4 is 29.1 Å². The Hall–Kier alpha value is -3.70. The lowest BCUT2D eigenvalue weighted by Crippen LogP contribution is -2.29. The van der Waals surface area contributed by atoms with Gasteiger partial charge in [-0.1, -0.05) is 18.5 Å². The van der Waals surface area contributed by atoms with E-state index in [2.05, 4.69) is 15.3 Å². The molecule has 8 nitrogen and oxygen atoms in total. The standard InChI is InChI=1S/C23H20ClF3N4O4/c1-12(21(32)31-34)11-35-15-4-7-19(28-10-15)17-9-14(3-6-18(17)24)30-22(33)16-5-8-20(23(25,26)27)29-13(16)2/h3-10,12,34H,11H2,1-2H3,(H,30,33)(H,31,32). The Kier molecular flexibility index (Phi) is 7.92. The van der Waals surface area contributed by atoms with E-state index in [1.54, 1.807) is 42.7 Å². The molecule has 3 rings (SSSR count). The van der Waals surface area contributed by atoms with Gasteiger partial charge in [0.15, 0.2) is 0 Å². The van der Waals surface area contributed by atoms with E-state index < -0.39 is 29.6 Å². The van der Waals surface area contributed by atoms with Gasteiger partial charge < -0.3 is 10.1 Å². The molecule has 2 heterocycles. The highest BCUT2D eigenvalue weighted by molar-refractivity contribution is 6.33. The second-order valence-corrected chi connectivity index (χ2v) is 7.95. The summed E-state index contributed by atoms with van der Waals surface area (Å²) in [6.07, 6.45) is -3.18. The van der Waals surface area contributed by atoms with E-state index in [4.69, 9.17) is 21.5 Å². The molecule has 0 aliphatic carbocycles. The quantitative estimate of drug-likeness (QED) is 0.309. The first kappa shape index (κ1) is 25.9. The van der Waals surface area contributed by atoms with Gasteiger partial charge in [-0.2, -0.15) is 13.2 Å². The van der Waals surface area contributed by atoms with E-state index in [9.17, 15) is 22.8 Å². The fourth-order valence-electron chi connectivity index (χ4n) is 2.99. The van der Waals surface area contributed by atoms with Crippen LogP contribution in [0.2, 0.25) is 5.02 Å². The highest BCUT2D eigenvalue weighted by atomic mass is 35.5. The fourth-order valence-corrected chi connectivity index (χ4v) is 3.20. The van der Waals surface area contributed by atoms with E-state index in [-0.39, 0.29) is 17.9 Å². The molecule has 184 valence electrons. The average Bonchev–Trinajstić information content (AvgIpc) is 2.82. The van der Waals surface area contributed by atoms with Crippen molar-refractivity contribution in [2.24, 2.45) is 5.92 Å². The van der Waals surface area contributed by atoms with Crippen molar-refractivity contribution in [3.05, 3.63) is 70.6 Å². The first-order chi connectivity index (χ1) is 16.5. The minimum Gasteiger partial charge on any atom is -0.491 e. The molecule has 35 heavy (non-hydrogen) atoms. The van der Waals surface area contributed by atoms with Crippen LogP contribution in [0.1, 0.15) is 28.7 Å². The number of hydrogen-bond donors (Lipinski definition) is 3. The molecule has 0 bridgehead atoms. The van der Waals surface area contributed by atoms with Gasteiger partial charge in [-0.05, 0) is 49.4 Å². The number of nitrogens with one attached hydrogen (secondary N) is 2. The summed E-state index contributed by atoms with van der Waals surface area (Å²) in [5.74, 6) is -1.41. The Morgan fingerprint density at radius 2 is 1.91 bits per heavy atom. The normalized spacial score (nSPS) is 12.1. The number of benzene rings is 1. The highest BCUT2D eigenvalue weighted by Gasteiger charge is 2.33. The van der Waals surface area contributed by atoms with E-state index in [0.29, 0.717) is 27.7 Å². The summed E-state index contributed by atoms with van der Waals surface area (Å²) >= 11 is 6.29. The largest absolute Gasteiger partial charge is 0.491 e. The minimum absolute atomic E-state index is 0.00163. The van der Waals surface area contributed by atoms with Crippen LogP contribution in [0.5, 0.6) is 5.75 Å². The topological polar surface area (TPSA) is 113 Å². The number of aryl methyl sites for hydroxylation is 1. The van der Waals surface area contributed by atoms with Gasteiger partial charge in [0.2, 0.25) is 5.91 Å². The number of rotatable bonds is 7. The van der Waals surface area contributed by atoms with E-state index >= 15 is 0 Å². The van der Waals surface area contributed by atoms with Crippen molar-refractivity contribution in [3.63, 3.8) is 0 Å². The molecule has 2 amide bonds. The number of amides is 2. The van der Waals surface area contributed by atoms with Crippen LogP contribution in [0, 0.1) is 12.8 Å². The van der Waals surface area contributed by atoms with Gasteiger partial charge in [-0.15, -0.1) is 0 Å². The number of hydroxylamine groups is 1. The molecule has 0 saturated heterocycles. The summed E-state index contributed by atoms with van der Waals surface area (Å²) in [4.78, 5) is 31.7. The number of ether oxygens (including phenoxy) is 1. The fraction of sp³-hybridized carbons (Fsp3) is 0.217. The maximum atomic E-state index is 12.8. The van der Waals surface area contributed by atoms with Crippen LogP contribution in [0.25, 0.3) is 11.3 Å². The molecule has 3 N–H and O–H groups in total. The number of carbonyl (C=O) groups is 2. The molecule has 1 atom stereocenters. The number of hydrogen-bond acceptors (Lipinski definition) is 6. The average molecular weight is 509 g/mol. The smallest absolute Gasteiger partial charge is 0.433 e. The van der Waals surface area contributed by atoms with Crippen LogP contribution in [0.4, 0.5) is 18.9 Å². The van der Waals surface area contributed by atoms with Crippen molar-refractivity contribution in [2.75, 3.05) is 11.9 Å². The molecule has 0 aliphatic rings. The van der Waals surface area contributed by atoms with Gasteiger partial charge in [0.25, 0.3) is 5.91 Å². The molecule has 0 radical (unpaired) electrons. The number of nitrogens with zero attached hydrogens (tertiary/aromatic N) is 2. The van der Waals surface area contributed by atoms with Crippen molar-refractivity contribution in [2.45, 2.75) is 20.0 Å². The number of anilines is 1. The van der Waals surface area contributed by atoms with Crippen molar-refractivity contribution in [3.8, 4) is 17.0 Å². The molecule has 1 aromatic carbocycles. The molecule has 2 aromatic heterocycles. The summed E-state index contributed by atoms with van der Waals surface area (Å²) in [5, 5.41) is 11.6. The number of carbonyl (C=O) groups excluding carboxylic acids is 2. The van der Waals surface area contributed by atoms with Gasteiger partial charge in [-0.3, -0.25) is 19.8 Å². The van der Waals surface area contributed by atoms with Crippen molar-refractivity contribution < 1.29 is 32.7 Å². The van der Waals surface area contributed by atoms with E-state index in [0.717, 1.165) is 12.1 Å². The van der Waals surface area contributed by atoms with Crippen LogP contribution in [0.3, 0.4) is 0 Å². The number of aromatic nitrogens is 2. The summed E-state index contributed by atoms with van der Waals surface area (Å²) < 4.78 is 44.0. The highest BCUT2D eigenvalue weighted by Crippen LogP contribution is 2.31. The molecule has 3 aromatic rings. The Bertz CT molecular complexity index is 1240. The lowest BCUT2D eigenvalue weighted by molar-refractivity contribution is -0.141. The number of halogens is 4. The van der Waals surface area contributed by atoms with E-state index in [1.807, 2.05) is 0 Å². The molecule has 0 spiro atoms. The monoisotopic (exact) mass is 508 g/mol. The third kappa shape index (κ3) is 6.46. The first-order valence-electron chi connectivity index (χ1n) is 10.2. The van der Waals surface area contributed by atoms with Crippen LogP contribution < -0.4 is 15.5 Å². The zero-order valence-electron chi connectivity index (χ0n) is 18.5. The van der Waals surface area contributed by atoms with Crippen LogP contribution in [-0.2, 0) is 11.0 Å². The molecule has 0 fully saturated rings. The molecule has 12 heteroatoms. The zero-order valence-corrected chi connectivity index (χ0v) is 19.2. The Morgan fingerprint density at radius 3 is 2.51 bits per heavy atom.